The number of pyridine rings is 1. The standard InChI is InChI=1S/C28H38FN3O4/c1-35-16-17-36-25-12-10-22(29)18-24(25)26(28(33)34)32-15-13-20(19-32)6-3-2-4-8-23-11-9-21-7-5-14-30-27(21)31-23/h9-12,18,20,26H,2-8,13-17,19H2,1H3,(H,30,31)(H,33,34). The Balaban J connectivity index is 1.26. The number of carboxylic acids is 1. The van der Waals surface area contributed by atoms with Gasteiger partial charge >= 0.3 is 5.97 Å². The Labute approximate surface area is 213 Å². The van der Waals surface area contributed by atoms with E-state index in [1.54, 1.807) is 7.11 Å². The summed E-state index contributed by atoms with van der Waals surface area (Å²) in [5.41, 5.74) is 2.84. The van der Waals surface area contributed by atoms with Gasteiger partial charge in [0.05, 0.1) is 6.61 Å². The number of halogens is 1. The molecule has 1 aromatic heterocycles. The van der Waals surface area contributed by atoms with Crippen molar-refractivity contribution >= 4 is 11.8 Å². The van der Waals surface area contributed by atoms with Crippen molar-refractivity contribution < 1.29 is 23.8 Å². The van der Waals surface area contributed by atoms with E-state index in [-0.39, 0.29) is 6.61 Å². The van der Waals surface area contributed by atoms with Crippen LogP contribution in [0.1, 0.15) is 61.4 Å². The number of likely N-dealkylation sites (tertiary alicyclic amines) is 1. The van der Waals surface area contributed by atoms with Crippen LogP contribution >= 0.6 is 0 Å². The number of benzene rings is 1. The van der Waals surface area contributed by atoms with E-state index in [9.17, 15) is 14.3 Å². The highest BCUT2D eigenvalue weighted by molar-refractivity contribution is 5.76. The van der Waals surface area contributed by atoms with E-state index in [4.69, 9.17) is 14.5 Å². The summed E-state index contributed by atoms with van der Waals surface area (Å²) < 4.78 is 24.8. The van der Waals surface area contributed by atoms with Gasteiger partial charge in [-0.2, -0.15) is 0 Å². The van der Waals surface area contributed by atoms with E-state index < -0.39 is 17.8 Å². The van der Waals surface area contributed by atoms with Gasteiger partial charge in [-0.25, -0.2) is 9.37 Å². The first-order valence-corrected chi connectivity index (χ1v) is 13.2. The molecule has 0 saturated carbocycles. The summed E-state index contributed by atoms with van der Waals surface area (Å²) >= 11 is 0. The lowest BCUT2D eigenvalue weighted by atomic mass is 9.99. The first kappa shape index (κ1) is 26.4. The normalized spacial score (nSPS) is 18.4. The second-order valence-electron chi connectivity index (χ2n) is 9.85. The minimum Gasteiger partial charge on any atom is -0.491 e. The van der Waals surface area contributed by atoms with E-state index >= 15 is 0 Å². The number of carboxylic acid groups (broad SMARTS) is 1. The zero-order chi connectivity index (χ0) is 25.3. The molecule has 2 unspecified atom stereocenters. The minimum atomic E-state index is -0.982. The van der Waals surface area contributed by atoms with E-state index in [1.165, 1.54) is 30.2 Å². The number of hydrogen-bond donors (Lipinski definition) is 2. The third-order valence-corrected chi connectivity index (χ3v) is 7.22. The largest absolute Gasteiger partial charge is 0.491 e. The fourth-order valence-electron chi connectivity index (χ4n) is 5.34. The molecule has 3 heterocycles. The van der Waals surface area contributed by atoms with Crippen molar-refractivity contribution in [3.05, 3.63) is 53.0 Å². The lowest BCUT2D eigenvalue weighted by molar-refractivity contribution is -0.143. The van der Waals surface area contributed by atoms with Crippen molar-refractivity contribution in [3.8, 4) is 5.75 Å². The van der Waals surface area contributed by atoms with Gasteiger partial charge < -0.3 is 19.9 Å². The van der Waals surface area contributed by atoms with Gasteiger partial charge in [0, 0.05) is 31.5 Å². The molecule has 4 rings (SSSR count). The lowest BCUT2D eigenvalue weighted by Crippen LogP contribution is -2.33. The summed E-state index contributed by atoms with van der Waals surface area (Å²) in [6.45, 7) is 3.04. The van der Waals surface area contributed by atoms with Crippen LogP contribution in [0.5, 0.6) is 5.75 Å². The Kier molecular flexibility index (Phi) is 9.53. The van der Waals surface area contributed by atoms with E-state index in [2.05, 4.69) is 17.4 Å². The molecule has 0 bridgehead atoms. The third kappa shape index (κ3) is 6.95. The van der Waals surface area contributed by atoms with Crippen molar-refractivity contribution in [2.75, 3.05) is 45.3 Å². The first-order chi connectivity index (χ1) is 17.5. The summed E-state index contributed by atoms with van der Waals surface area (Å²) in [6.07, 6.45) is 8.64. The molecular weight excluding hydrogens is 461 g/mol. The van der Waals surface area contributed by atoms with Gasteiger partial charge in [0.1, 0.15) is 30.0 Å². The molecule has 0 radical (unpaired) electrons. The first-order valence-electron chi connectivity index (χ1n) is 13.2. The van der Waals surface area contributed by atoms with Crippen molar-refractivity contribution in [2.45, 2.75) is 57.4 Å². The Morgan fingerprint density at radius 2 is 2.14 bits per heavy atom. The molecule has 1 fully saturated rings. The van der Waals surface area contributed by atoms with Crippen molar-refractivity contribution in [1.29, 1.82) is 0 Å². The molecule has 0 amide bonds. The molecule has 1 aromatic carbocycles. The van der Waals surface area contributed by atoms with Crippen LogP contribution in [0, 0.1) is 11.7 Å². The highest BCUT2D eigenvalue weighted by Gasteiger charge is 2.35. The zero-order valence-corrected chi connectivity index (χ0v) is 21.2. The molecule has 196 valence electrons. The number of carbonyl (C=O) groups is 1. The number of aryl methyl sites for hydroxylation is 2. The fraction of sp³-hybridized carbons (Fsp3) is 0.571. The zero-order valence-electron chi connectivity index (χ0n) is 21.2. The summed E-state index contributed by atoms with van der Waals surface area (Å²) in [5.74, 6) is 0.461. The SMILES string of the molecule is COCCOc1ccc(F)cc1C(C(=O)O)N1CCC(CCCCCc2ccc3c(n2)NCCC3)C1. The lowest BCUT2D eigenvalue weighted by Gasteiger charge is -2.26. The number of rotatable bonds is 13. The number of hydrogen-bond acceptors (Lipinski definition) is 6. The number of fused-ring (bicyclic) bond motifs is 1. The molecule has 1 saturated heterocycles. The maximum atomic E-state index is 14.1. The summed E-state index contributed by atoms with van der Waals surface area (Å²) in [6, 6.07) is 7.55. The number of ether oxygens (including phenoxy) is 2. The van der Waals surface area contributed by atoms with E-state index in [1.807, 2.05) is 4.90 Å². The third-order valence-electron chi connectivity index (χ3n) is 7.22. The minimum absolute atomic E-state index is 0.279. The Morgan fingerprint density at radius 3 is 2.97 bits per heavy atom. The van der Waals surface area contributed by atoms with Gasteiger partial charge in [0.2, 0.25) is 0 Å². The smallest absolute Gasteiger partial charge is 0.325 e. The number of anilines is 1. The number of aliphatic carboxylic acids is 1. The van der Waals surface area contributed by atoms with Crippen LogP contribution in [0.15, 0.2) is 30.3 Å². The summed E-state index contributed by atoms with van der Waals surface area (Å²) in [4.78, 5) is 19.0. The van der Waals surface area contributed by atoms with Crippen molar-refractivity contribution in [2.24, 2.45) is 5.92 Å². The summed E-state index contributed by atoms with van der Waals surface area (Å²) in [5, 5.41) is 13.4. The average molecular weight is 500 g/mol. The van der Waals surface area contributed by atoms with Gasteiger partial charge in [0.25, 0.3) is 0 Å². The molecule has 2 aromatic rings. The van der Waals surface area contributed by atoms with Crippen molar-refractivity contribution in [1.82, 2.24) is 9.88 Å². The average Bonchev–Trinajstić information content (AvgIpc) is 3.33. The Morgan fingerprint density at radius 1 is 1.25 bits per heavy atom. The van der Waals surface area contributed by atoms with Crippen LogP contribution in [0.25, 0.3) is 0 Å². The Hall–Kier alpha value is -2.71. The molecule has 2 aliphatic rings. The molecular formula is C28H38FN3O4. The van der Waals surface area contributed by atoms with Crippen LogP contribution in [0.3, 0.4) is 0 Å². The number of nitrogens with one attached hydrogen (secondary N) is 1. The monoisotopic (exact) mass is 499 g/mol. The van der Waals surface area contributed by atoms with Crippen LogP contribution in [0.4, 0.5) is 10.2 Å². The van der Waals surface area contributed by atoms with E-state index in [0.717, 1.165) is 63.0 Å². The quantitative estimate of drug-likeness (QED) is 0.381. The molecule has 7 nitrogen and oxygen atoms in total. The molecule has 2 aliphatic heterocycles. The van der Waals surface area contributed by atoms with Gasteiger partial charge in [-0.05, 0) is 80.8 Å². The topological polar surface area (TPSA) is 83.9 Å². The van der Waals surface area contributed by atoms with Crippen LogP contribution in [0.2, 0.25) is 0 Å². The van der Waals surface area contributed by atoms with Gasteiger partial charge in [-0.3, -0.25) is 9.69 Å². The molecule has 36 heavy (non-hydrogen) atoms. The second kappa shape index (κ2) is 13.0. The molecule has 8 heteroatoms. The molecule has 0 spiro atoms. The number of aromatic nitrogens is 1. The number of unbranched alkanes of at least 4 members (excludes halogenated alkanes) is 2. The number of methoxy groups -OCH3 is 1. The number of nitrogens with zero attached hydrogens (tertiary/aromatic N) is 2. The van der Waals surface area contributed by atoms with Gasteiger partial charge in [-0.1, -0.05) is 18.9 Å². The highest BCUT2D eigenvalue weighted by Crippen LogP contribution is 2.35. The van der Waals surface area contributed by atoms with Gasteiger partial charge in [0.15, 0.2) is 0 Å². The predicted molar refractivity (Wildman–Crippen MR) is 137 cm³/mol. The Bertz CT molecular complexity index is 1020. The fourth-order valence-corrected chi connectivity index (χ4v) is 5.34. The molecule has 2 N–H and O–H groups in total. The molecule has 2 atom stereocenters. The van der Waals surface area contributed by atoms with E-state index in [0.29, 0.717) is 36.9 Å². The predicted octanol–water partition coefficient (Wildman–Crippen LogP) is 4.85. The van der Waals surface area contributed by atoms with Crippen LogP contribution in [-0.4, -0.2) is 60.9 Å². The maximum absolute atomic E-state index is 14.1. The maximum Gasteiger partial charge on any atom is 0.325 e. The highest BCUT2D eigenvalue weighted by atomic mass is 19.1. The second-order valence-corrected chi connectivity index (χ2v) is 9.85. The van der Waals surface area contributed by atoms with Crippen molar-refractivity contribution in [3.63, 3.8) is 0 Å². The van der Waals surface area contributed by atoms with Crippen LogP contribution < -0.4 is 10.1 Å². The van der Waals surface area contributed by atoms with Crippen LogP contribution in [-0.2, 0) is 22.4 Å². The molecule has 0 aliphatic carbocycles. The van der Waals surface area contributed by atoms with Gasteiger partial charge in [-0.15, -0.1) is 0 Å². The summed E-state index contributed by atoms with van der Waals surface area (Å²) in [7, 11) is 1.57.